The van der Waals surface area contributed by atoms with Crippen molar-refractivity contribution in [3.05, 3.63) is 131 Å². The smallest absolute Gasteiger partial charge is 0.239 e. The number of carbonyl (C=O) groups excluding carboxylic acids is 2. The summed E-state index contributed by atoms with van der Waals surface area (Å²) >= 11 is 12.0. The number of aryl methyl sites for hydroxylation is 2. The van der Waals surface area contributed by atoms with Crippen LogP contribution in [0.4, 0.5) is 31.5 Å². The Morgan fingerprint density at radius 2 is 1.24 bits per heavy atom. The Kier molecular flexibility index (Phi) is 11.2. The second-order valence-corrected chi connectivity index (χ2v) is 13.9. The van der Waals surface area contributed by atoms with Gasteiger partial charge in [-0.25, -0.2) is 8.78 Å². The number of nitrogens with one attached hydrogen (secondary N) is 2. The molecule has 292 valence electrons. The van der Waals surface area contributed by atoms with Gasteiger partial charge in [0.25, 0.3) is 0 Å². The van der Waals surface area contributed by atoms with Gasteiger partial charge >= 0.3 is 0 Å². The molecule has 0 spiro atoms. The van der Waals surface area contributed by atoms with Crippen molar-refractivity contribution in [1.29, 1.82) is 0 Å². The lowest BCUT2D eigenvalue weighted by Gasteiger charge is -2.12. The summed E-state index contributed by atoms with van der Waals surface area (Å²) in [7, 11) is 0. The minimum Gasteiger partial charge on any atom is -0.368 e. The number of hydrogen-bond acceptors (Lipinski definition) is 10. The predicted octanol–water partition coefficient (Wildman–Crippen LogP) is 7.65. The topological polar surface area (TPSA) is 197 Å². The minimum absolute atomic E-state index is 0.0393. The summed E-state index contributed by atoms with van der Waals surface area (Å²) in [5.74, 6) is -1.83. The van der Waals surface area contributed by atoms with E-state index in [9.17, 15) is 18.4 Å². The zero-order valence-corrected chi connectivity index (χ0v) is 32.2. The van der Waals surface area contributed by atoms with Gasteiger partial charge in [0.05, 0.1) is 35.2 Å². The second kappa shape index (κ2) is 16.6. The van der Waals surface area contributed by atoms with Gasteiger partial charge in [0.1, 0.15) is 46.8 Å². The maximum atomic E-state index is 14.3. The van der Waals surface area contributed by atoms with Crippen LogP contribution in [0.25, 0.3) is 44.6 Å². The lowest BCUT2D eigenvalue weighted by atomic mass is 10.1. The number of benzene rings is 2. The Labute approximate surface area is 338 Å². The van der Waals surface area contributed by atoms with E-state index in [-0.39, 0.29) is 13.1 Å². The number of halogens is 4. The summed E-state index contributed by atoms with van der Waals surface area (Å²) < 4.78 is 31.5. The van der Waals surface area contributed by atoms with E-state index in [1.807, 2.05) is 26.0 Å². The lowest BCUT2D eigenvalue weighted by molar-refractivity contribution is -0.119. The first-order valence-corrected chi connectivity index (χ1v) is 18.2. The highest BCUT2D eigenvalue weighted by Crippen LogP contribution is 2.32. The molecule has 2 aromatic carbocycles. The Morgan fingerprint density at radius 1 is 0.707 bits per heavy atom. The molecule has 6 heterocycles. The Hall–Kier alpha value is -7.04. The van der Waals surface area contributed by atoms with E-state index < -0.39 is 23.4 Å². The zero-order valence-electron chi connectivity index (χ0n) is 30.7. The van der Waals surface area contributed by atoms with E-state index in [1.54, 1.807) is 55.1 Å². The van der Waals surface area contributed by atoms with Crippen LogP contribution in [0.15, 0.2) is 97.6 Å². The third kappa shape index (κ3) is 8.98. The highest BCUT2D eigenvalue weighted by atomic mass is 35.5. The van der Waals surface area contributed by atoms with Crippen molar-refractivity contribution >= 4 is 79.8 Å². The number of nitrogens with zero attached hydrogens (tertiary/aromatic N) is 8. The van der Waals surface area contributed by atoms with E-state index in [2.05, 4.69) is 40.8 Å². The van der Waals surface area contributed by atoms with E-state index in [1.165, 1.54) is 39.7 Å². The maximum absolute atomic E-state index is 14.3. The molecule has 0 atom stereocenters. The molecular formula is C40H32Cl2F2N12O2. The Morgan fingerprint density at radius 3 is 1.81 bits per heavy atom. The molecular weight excluding hydrogens is 789 g/mol. The van der Waals surface area contributed by atoms with Crippen LogP contribution in [-0.4, -0.2) is 51.3 Å². The number of anilines is 4. The van der Waals surface area contributed by atoms with Gasteiger partial charge in [-0.3, -0.25) is 38.9 Å². The molecule has 58 heavy (non-hydrogen) atoms. The van der Waals surface area contributed by atoms with Gasteiger partial charge in [-0.1, -0.05) is 23.2 Å². The second-order valence-electron chi connectivity index (χ2n) is 13.0. The van der Waals surface area contributed by atoms with Crippen molar-refractivity contribution in [2.45, 2.75) is 26.9 Å². The summed E-state index contributed by atoms with van der Waals surface area (Å²) in [4.78, 5) is 39.9. The van der Waals surface area contributed by atoms with E-state index in [4.69, 9.17) is 34.7 Å². The summed E-state index contributed by atoms with van der Waals surface area (Å²) in [6.07, 6.45) is 6.48. The van der Waals surface area contributed by atoms with Crippen LogP contribution in [0.2, 0.25) is 10.0 Å². The average Bonchev–Trinajstić information content (AvgIpc) is 3.77. The monoisotopic (exact) mass is 820 g/mol. The standard InChI is InChI=1S/2C20H16ClFN6O/c1-11-6-13(8-17(25-11)14-7-12(21)2-3-15(14)22)26-16-4-5-24-18-9-28(10-19(23)29)27-20(16)18;1-11-6-13(8-17(26-11)14-7-12(21)2-3-15(14)22)27-16-4-5-24-18-9-25-28(20(16)18)10-19(23)29/h2-9H,10H2,1H3,(H2,23,29)(H,25,26);2-9H,10H2,1H3,(H2,23,29)(H,24,26,27). The molecule has 6 N–H and O–H groups in total. The molecule has 0 saturated heterocycles. The SMILES string of the molecule is Cc1cc(Nc2ccnc3cn(CC(N)=O)nc23)cc(-c2cc(Cl)ccc2F)n1.Cc1cc(Nc2ccnc3cnn(CC(N)=O)c23)cc(-c2cc(Cl)ccc2F)n1. The molecule has 2 amide bonds. The molecule has 0 unspecified atom stereocenters. The van der Waals surface area contributed by atoms with Gasteiger partial charge in [-0.15, -0.1) is 0 Å². The first kappa shape index (κ1) is 39.2. The van der Waals surface area contributed by atoms with E-state index >= 15 is 0 Å². The van der Waals surface area contributed by atoms with Gasteiger partial charge in [-0.05, 0) is 86.6 Å². The van der Waals surface area contributed by atoms with Crippen LogP contribution < -0.4 is 22.1 Å². The first-order valence-electron chi connectivity index (χ1n) is 17.4. The van der Waals surface area contributed by atoms with Crippen LogP contribution in [0.1, 0.15) is 11.4 Å². The number of nitrogens with two attached hydrogens (primary N) is 2. The Bertz CT molecular complexity index is 2860. The summed E-state index contributed by atoms with van der Waals surface area (Å²) in [6.45, 7) is 3.53. The van der Waals surface area contributed by atoms with Gasteiger partial charge in [0, 0.05) is 56.3 Å². The van der Waals surface area contributed by atoms with E-state index in [0.29, 0.717) is 88.8 Å². The molecule has 0 saturated carbocycles. The third-order valence-electron chi connectivity index (χ3n) is 8.48. The fourth-order valence-electron chi connectivity index (χ4n) is 6.15. The number of primary amides is 2. The molecule has 8 rings (SSSR count). The number of carbonyl (C=O) groups is 2. The van der Waals surface area contributed by atoms with Crippen molar-refractivity contribution in [3.63, 3.8) is 0 Å². The molecule has 0 aliphatic heterocycles. The Balaban J connectivity index is 0.000000177. The number of amides is 2. The van der Waals surface area contributed by atoms with Crippen molar-refractivity contribution < 1.29 is 18.4 Å². The summed E-state index contributed by atoms with van der Waals surface area (Å²) in [5.41, 5.74) is 18.7. The highest BCUT2D eigenvalue weighted by molar-refractivity contribution is 6.31. The van der Waals surface area contributed by atoms with Crippen LogP contribution >= 0.6 is 23.2 Å². The number of pyridine rings is 4. The molecule has 0 aliphatic carbocycles. The lowest BCUT2D eigenvalue weighted by Crippen LogP contribution is -2.19. The van der Waals surface area contributed by atoms with Gasteiger partial charge in [-0.2, -0.15) is 10.2 Å². The average molecular weight is 822 g/mol. The molecule has 6 aromatic heterocycles. The van der Waals surface area contributed by atoms with Crippen LogP contribution in [0.3, 0.4) is 0 Å². The van der Waals surface area contributed by atoms with Crippen LogP contribution in [0.5, 0.6) is 0 Å². The molecule has 8 aromatic rings. The molecule has 14 nitrogen and oxygen atoms in total. The van der Waals surface area contributed by atoms with Gasteiger partial charge < -0.3 is 22.1 Å². The van der Waals surface area contributed by atoms with Crippen LogP contribution in [0, 0.1) is 25.5 Å². The molecule has 0 bridgehead atoms. The number of rotatable bonds is 10. The number of aromatic nitrogens is 8. The third-order valence-corrected chi connectivity index (χ3v) is 8.95. The normalized spacial score (nSPS) is 11.0. The largest absolute Gasteiger partial charge is 0.368 e. The first-order chi connectivity index (χ1) is 27.8. The van der Waals surface area contributed by atoms with E-state index in [0.717, 1.165) is 0 Å². The molecule has 0 aliphatic rings. The maximum Gasteiger partial charge on any atom is 0.239 e. The van der Waals surface area contributed by atoms with Gasteiger partial charge in [0.2, 0.25) is 11.8 Å². The van der Waals surface area contributed by atoms with Gasteiger partial charge in [0.15, 0.2) is 0 Å². The van der Waals surface area contributed by atoms with Crippen molar-refractivity contribution in [2.24, 2.45) is 11.5 Å². The summed E-state index contributed by atoms with van der Waals surface area (Å²) in [5, 5.41) is 16.0. The van der Waals surface area contributed by atoms with Crippen molar-refractivity contribution in [2.75, 3.05) is 10.6 Å². The van der Waals surface area contributed by atoms with Crippen molar-refractivity contribution in [1.82, 2.24) is 39.5 Å². The predicted molar refractivity (Wildman–Crippen MR) is 219 cm³/mol. The molecule has 18 heteroatoms. The highest BCUT2D eigenvalue weighted by Gasteiger charge is 2.15. The van der Waals surface area contributed by atoms with Crippen molar-refractivity contribution in [3.8, 4) is 22.5 Å². The number of hydrogen-bond donors (Lipinski definition) is 4. The molecule has 0 fully saturated rings. The zero-order chi connectivity index (χ0) is 41.1. The summed E-state index contributed by atoms with van der Waals surface area (Å²) in [6, 6.07) is 19.3. The number of fused-ring (bicyclic) bond motifs is 2. The molecule has 0 radical (unpaired) electrons. The fourth-order valence-corrected chi connectivity index (χ4v) is 6.50. The van der Waals surface area contributed by atoms with Crippen LogP contribution in [-0.2, 0) is 22.7 Å². The fraction of sp³-hybridized carbons (Fsp3) is 0.100. The minimum atomic E-state index is -0.511. The quantitative estimate of drug-likeness (QED) is 0.106.